The molecule has 5 nitrogen and oxygen atoms in total. The molecule has 0 aliphatic heterocycles. The number of halogens is 1. The van der Waals surface area contributed by atoms with Crippen molar-refractivity contribution in [2.45, 2.75) is 0 Å². The van der Waals surface area contributed by atoms with Crippen LogP contribution in [0.4, 0.5) is 5.69 Å². The summed E-state index contributed by atoms with van der Waals surface area (Å²) in [4.78, 5) is 21.4. The molecule has 0 saturated carbocycles. The third-order valence-corrected chi connectivity index (χ3v) is 5.15. The molecular formula is C13H9INO4-. The summed E-state index contributed by atoms with van der Waals surface area (Å²) in [6.45, 7) is 0. The van der Waals surface area contributed by atoms with E-state index in [1.807, 2.05) is 0 Å². The first-order valence-corrected chi connectivity index (χ1v) is 7.45. The van der Waals surface area contributed by atoms with E-state index in [9.17, 15) is 14.9 Å². The molecule has 2 rings (SSSR count). The summed E-state index contributed by atoms with van der Waals surface area (Å²) in [7, 11) is 0. The van der Waals surface area contributed by atoms with Gasteiger partial charge in [-0.2, -0.15) is 0 Å². The zero-order chi connectivity index (χ0) is 13.8. The first kappa shape index (κ1) is 13.5. The van der Waals surface area contributed by atoms with Gasteiger partial charge >= 0.3 is 119 Å². The quantitative estimate of drug-likeness (QED) is 0.444. The monoisotopic (exact) mass is 370 g/mol. The van der Waals surface area contributed by atoms with E-state index in [0.29, 0.717) is 0 Å². The third kappa shape index (κ3) is 3.28. The molecule has 98 valence electrons. The predicted molar refractivity (Wildman–Crippen MR) is 63.9 cm³/mol. The summed E-state index contributed by atoms with van der Waals surface area (Å²) in [5, 5.41) is 19.8. The summed E-state index contributed by atoms with van der Waals surface area (Å²) in [6.07, 6.45) is 0. The summed E-state index contributed by atoms with van der Waals surface area (Å²) in [5.41, 5.74) is 0.298. The number of benzene rings is 2. The second kappa shape index (κ2) is 5.79. The molecule has 0 fully saturated rings. The Morgan fingerprint density at radius 1 is 1.16 bits per heavy atom. The summed E-state index contributed by atoms with van der Waals surface area (Å²) < 4.78 is 1.57. The van der Waals surface area contributed by atoms with Crippen LogP contribution in [0.2, 0.25) is 0 Å². The first-order chi connectivity index (χ1) is 9.08. The fourth-order valence-electron chi connectivity index (χ4n) is 1.48. The zero-order valence-corrected chi connectivity index (χ0v) is 11.8. The number of nitro benzene ring substituents is 1. The van der Waals surface area contributed by atoms with Gasteiger partial charge in [0.25, 0.3) is 0 Å². The zero-order valence-electron chi connectivity index (χ0n) is 9.62. The van der Waals surface area contributed by atoms with Crippen molar-refractivity contribution < 1.29 is 36.0 Å². The number of aromatic carboxylic acids is 1. The van der Waals surface area contributed by atoms with Crippen molar-refractivity contribution in [3.63, 3.8) is 0 Å². The number of carboxylic acids is 1. The molecule has 0 unspecified atom stereocenters. The molecule has 0 saturated heterocycles. The van der Waals surface area contributed by atoms with Gasteiger partial charge in [0.1, 0.15) is 0 Å². The molecule has 19 heavy (non-hydrogen) atoms. The van der Waals surface area contributed by atoms with Crippen LogP contribution in [-0.2, 0) is 0 Å². The summed E-state index contributed by atoms with van der Waals surface area (Å²) in [5.74, 6) is -0.972. The number of carboxylic acid groups (broad SMARTS) is 1. The Morgan fingerprint density at radius 3 is 2.58 bits per heavy atom. The van der Waals surface area contributed by atoms with Crippen LogP contribution in [0.25, 0.3) is 0 Å². The number of hydrogen-bond acceptors (Lipinski definition) is 3. The number of nitrogens with zero attached hydrogens (tertiary/aromatic N) is 1. The van der Waals surface area contributed by atoms with Crippen LogP contribution in [0.3, 0.4) is 0 Å². The van der Waals surface area contributed by atoms with E-state index in [4.69, 9.17) is 5.11 Å². The van der Waals surface area contributed by atoms with Crippen molar-refractivity contribution in [1.29, 1.82) is 0 Å². The number of non-ortho nitro benzene ring substituents is 1. The Kier molecular flexibility index (Phi) is 4.10. The van der Waals surface area contributed by atoms with Crippen LogP contribution in [0.5, 0.6) is 0 Å². The number of nitro groups is 1. The predicted octanol–water partition coefficient (Wildman–Crippen LogP) is -0.579. The van der Waals surface area contributed by atoms with Crippen molar-refractivity contribution in [1.82, 2.24) is 0 Å². The minimum atomic E-state index is -0.972. The molecule has 2 aromatic rings. The van der Waals surface area contributed by atoms with Crippen molar-refractivity contribution in [3.05, 3.63) is 71.3 Å². The molecule has 0 radical (unpaired) electrons. The Hall–Kier alpha value is -1.96. The van der Waals surface area contributed by atoms with Gasteiger partial charge in [-0.3, -0.25) is 0 Å². The van der Waals surface area contributed by atoms with E-state index in [0.717, 1.165) is 7.14 Å². The van der Waals surface area contributed by atoms with Crippen LogP contribution in [0, 0.1) is 17.3 Å². The van der Waals surface area contributed by atoms with Gasteiger partial charge in [0.15, 0.2) is 0 Å². The molecule has 0 aliphatic rings. The van der Waals surface area contributed by atoms with Gasteiger partial charge in [-0.25, -0.2) is 0 Å². The van der Waals surface area contributed by atoms with Crippen molar-refractivity contribution in [2.75, 3.05) is 0 Å². The molecule has 0 aromatic heterocycles. The normalized spacial score (nSPS) is 10.3. The standard InChI is InChI=1S/C13H9INO4/c16-13(17)11-6-1-2-7-12(11)14-9-4-3-5-10(8-9)15(18)19/h1-8H,(H,16,17)/q-1. The Labute approximate surface area is 119 Å². The Balaban J connectivity index is 2.34. The Bertz CT molecular complexity index is 642. The number of carbonyl (C=O) groups is 1. The molecule has 2 aromatic carbocycles. The molecule has 0 heterocycles. The SMILES string of the molecule is O=C(O)c1ccccc1[I-]c1cccc([N+](=O)[O-])c1. The molecule has 0 spiro atoms. The van der Waals surface area contributed by atoms with Gasteiger partial charge < -0.3 is 0 Å². The fourth-order valence-corrected chi connectivity index (χ4v) is 4.10. The van der Waals surface area contributed by atoms with Crippen molar-refractivity contribution in [2.24, 2.45) is 0 Å². The number of rotatable bonds is 4. The number of hydrogen-bond donors (Lipinski definition) is 1. The third-order valence-electron chi connectivity index (χ3n) is 2.33. The molecule has 0 aliphatic carbocycles. The van der Waals surface area contributed by atoms with Crippen LogP contribution in [0.1, 0.15) is 10.4 Å². The molecule has 0 amide bonds. The van der Waals surface area contributed by atoms with Gasteiger partial charge in [0.2, 0.25) is 0 Å². The molecular weight excluding hydrogens is 361 g/mol. The van der Waals surface area contributed by atoms with E-state index >= 15 is 0 Å². The van der Waals surface area contributed by atoms with Gasteiger partial charge in [-0.15, -0.1) is 0 Å². The van der Waals surface area contributed by atoms with E-state index in [1.165, 1.54) is 12.1 Å². The molecule has 0 atom stereocenters. The van der Waals surface area contributed by atoms with Gasteiger partial charge in [-0.1, -0.05) is 0 Å². The molecule has 0 bridgehead atoms. The Morgan fingerprint density at radius 2 is 1.89 bits per heavy atom. The van der Waals surface area contributed by atoms with Crippen LogP contribution >= 0.6 is 0 Å². The van der Waals surface area contributed by atoms with E-state index in [-0.39, 0.29) is 11.3 Å². The molecule has 1 N–H and O–H groups in total. The van der Waals surface area contributed by atoms with E-state index in [1.54, 1.807) is 36.4 Å². The minimum absolute atomic E-state index is 0.0324. The second-order valence-corrected chi connectivity index (χ2v) is 6.56. The van der Waals surface area contributed by atoms with Crippen LogP contribution in [-0.4, -0.2) is 16.0 Å². The van der Waals surface area contributed by atoms with Crippen molar-refractivity contribution >= 4 is 11.7 Å². The first-order valence-electron chi connectivity index (χ1n) is 5.29. The fraction of sp³-hybridized carbons (Fsp3) is 0. The summed E-state index contributed by atoms with van der Waals surface area (Å²) in [6, 6.07) is 13.1. The molecule has 6 heteroatoms. The van der Waals surface area contributed by atoms with Crippen LogP contribution in [0.15, 0.2) is 48.5 Å². The van der Waals surface area contributed by atoms with Gasteiger partial charge in [0.05, 0.1) is 0 Å². The van der Waals surface area contributed by atoms with Crippen LogP contribution < -0.4 is 21.2 Å². The average Bonchev–Trinajstić information content (AvgIpc) is 2.39. The average molecular weight is 370 g/mol. The maximum absolute atomic E-state index is 11.1. The van der Waals surface area contributed by atoms with Gasteiger partial charge in [0, 0.05) is 0 Å². The maximum atomic E-state index is 11.1. The topological polar surface area (TPSA) is 80.4 Å². The second-order valence-electron chi connectivity index (χ2n) is 3.62. The summed E-state index contributed by atoms with van der Waals surface area (Å²) >= 11 is -0.754. The van der Waals surface area contributed by atoms with Crippen molar-refractivity contribution in [3.8, 4) is 0 Å². The van der Waals surface area contributed by atoms with E-state index in [2.05, 4.69) is 0 Å². The van der Waals surface area contributed by atoms with E-state index < -0.39 is 32.1 Å². The van der Waals surface area contributed by atoms with Gasteiger partial charge in [-0.05, 0) is 0 Å².